The van der Waals surface area contributed by atoms with Crippen molar-refractivity contribution < 1.29 is 18.8 Å². The Kier molecular flexibility index (Phi) is 5.07. The number of aryl methyl sites for hydroxylation is 1. The molecule has 0 fully saturated rings. The van der Waals surface area contributed by atoms with Crippen LogP contribution in [0.4, 0.5) is 4.79 Å². The van der Waals surface area contributed by atoms with E-state index in [0.29, 0.717) is 17.0 Å². The van der Waals surface area contributed by atoms with Crippen LogP contribution >= 0.6 is 0 Å². The molecule has 0 spiro atoms. The van der Waals surface area contributed by atoms with Crippen LogP contribution in [-0.4, -0.2) is 47.3 Å². The van der Waals surface area contributed by atoms with E-state index in [-0.39, 0.29) is 30.9 Å². The number of rotatable bonds is 5. The molecule has 2 atom stereocenters. The van der Waals surface area contributed by atoms with Gasteiger partial charge in [-0.3, -0.25) is 14.5 Å². The van der Waals surface area contributed by atoms with Crippen LogP contribution in [0.3, 0.4) is 0 Å². The smallest absolute Gasteiger partial charge is 0.322 e. The first-order chi connectivity index (χ1) is 14.4. The summed E-state index contributed by atoms with van der Waals surface area (Å²) in [7, 11) is 1.63. The number of urea groups is 1. The lowest BCUT2D eigenvalue weighted by atomic mass is 9.95. The summed E-state index contributed by atoms with van der Waals surface area (Å²) in [5.74, 6) is 0.103. The molecule has 0 radical (unpaired) electrons. The minimum Gasteiger partial charge on any atom is -0.467 e. The molecule has 8 nitrogen and oxygen atoms in total. The molecule has 4 amide bonds. The Morgan fingerprint density at radius 1 is 1.27 bits per heavy atom. The lowest BCUT2D eigenvalue weighted by molar-refractivity contribution is -0.135. The van der Waals surface area contributed by atoms with Crippen LogP contribution < -0.4 is 10.6 Å². The van der Waals surface area contributed by atoms with Gasteiger partial charge in [0.2, 0.25) is 5.91 Å². The van der Waals surface area contributed by atoms with E-state index in [1.807, 2.05) is 31.2 Å². The number of amides is 4. The molecular formula is C22H24N4O4. The number of carbonyl (C=O) groups excluding carboxylic acids is 3. The molecule has 2 N–H and O–H groups in total. The maximum Gasteiger partial charge on any atom is 0.322 e. The molecule has 0 saturated heterocycles. The Morgan fingerprint density at radius 2 is 2.00 bits per heavy atom. The molecule has 30 heavy (non-hydrogen) atoms. The number of nitrogens with one attached hydrogen (secondary N) is 2. The van der Waals surface area contributed by atoms with Crippen LogP contribution in [0.15, 0.2) is 58.3 Å². The summed E-state index contributed by atoms with van der Waals surface area (Å²) in [6.07, 6.45) is 1.54. The van der Waals surface area contributed by atoms with E-state index < -0.39 is 12.1 Å². The van der Waals surface area contributed by atoms with Gasteiger partial charge in [-0.25, -0.2) is 4.79 Å². The molecule has 156 valence electrons. The van der Waals surface area contributed by atoms with Crippen molar-refractivity contribution in [2.75, 3.05) is 13.6 Å². The summed E-state index contributed by atoms with van der Waals surface area (Å²) in [6, 6.07) is 9.72. The molecule has 0 unspecified atom stereocenters. The van der Waals surface area contributed by atoms with E-state index >= 15 is 0 Å². The van der Waals surface area contributed by atoms with Crippen LogP contribution in [0.25, 0.3) is 0 Å². The fourth-order valence-electron chi connectivity index (χ4n) is 3.79. The van der Waals surface area contributed by atoms with Gasteiger partial charge in [0.1, 0.15) is 11.8 Å². The normalized spacial score (nSPS) is 19.6. The van der Waals surface area contributed by atoms with Crippen molar-refractivity contribution in [2.45, 2.75) is 32.5 Å². The Labute approximate surface area is 174 Å². The molecule has 1 aromatic heterocycles. The summed E-state index contributed by atoms with van der Waals surface area (Å²) >= 11 is 0. The fraction of sp³-hybridized carbons (Fsp3) is 0.318. The largest absolute Gasteiger partial charge is 0.467 e. The highest BCUT2D eigenvalue weighted by Crippen LogP contribution is 2.36. The maximum atomic E-state index is 13.3. The number of hydrogen-bond acceptors (Lipinski definition) is 4. The van der Waals surface area contributed by atoms with Gasteiger partial charge in [0.05, 0.1) is 36.7 Å². The predicted octanol–water partition coefficient (Wildman–Crippen LogP) is 2.09. The predicted molar refractivity (Wildman–Crippen MR) is 109 cm³/mol. The van der Waals surface area contributed by atoms with Gasteiger partial charge in [0.15, 0.2) is 0 Å². The fourth-order valence-corrected chi connectivity index (χ4v) is 3.79. The lowest BCUT2D eigenvalue weighted by Gasteiger charge is -2.31. The van der Waals surface area contributed by atoms with Gasteiger partial charge < -0.3 is 20.0 Å². The van der Waals surface area contributed by atoms with E-state index in [0.717, 1.165) is 11.1 Å². The highest BCUT2D eigenvalue weighted by atomic mass is 16.3. The van der Waals surface area contributed by atoms with Gasteiger partial charge in [-0.2, -0.15) is 0 Å². The monoisotopic (exact) mass is 408 g/mol. The molecule has 3 heterocycles. The number of carbonyl (C=O) groups is 3. The summed E-state index contributed by atoms with van der Waals surface area (Å²) in [5.41, 5.74) is 3.06. The van der Waals surface area contributed by atoms with E-state index in [2.05, 4.69) is 10.6 Å². The Hall–Kier alpha value is -3.55. The van der Waals surface area contributed by atoms with Crippen LogP contribution in [0.1, 0.15) is 29.9 Å². The standard InChI is InChI=1S/C22H24N4O4/c1-13-6-8-15(9-7-13)19-18-17(25(3)22(29)24-19)12-26(21(18)28)14(2)20(27)23-11-16-5-4-10-30-16/h4-10,14,19H,11-12H2,1-3H3,(H,23,27)(H,24,29)/t14-,19+/m0/s1. The minimum absolute atomic E-state index is 0.204. The van der Waals surface area contributed by atoms with Crippen molar-refractivity contribution in [3.8, 4) is 0 Å². The van der Waals surface area contributed by atoms with Gasteiger partial charge in [0, 0.05) is 7.05 Å². The third kappa shape index (κ3) is 3.45. The van der Waals surface area contributed by atoms with Gasteiger partial charge in [0.25, 0.3) is 5.91 Å². The second kappa shape index (κ2) is 7.70. The number of benzene rings is 1. The van der Waals surface area contributed by atoms with Crippen molar-refractivity contribution in [3.63, 3.8) is 0 Å². The van der Waals surface area contributed by atoms with E-state index in [1.54, 1.807) is 26.1 Å². The van der Waals surface area contributed by atoms with Crippen LogP contribution in [0.5, 0.6) is 0 Å². The summed E-state index contributed by atoms with van der Waals surface area (Å²) in [5, 5.41) is 5.70. The molecule has 0 aliphatic carbocycles. The second-order valence-electron chi connectivity index (χ2n) is 7.62. The van der Waals surface area contributed by atoms with Crippen molar-refractivity contribution in [2.24, 2.45) is 0 Å². The first-order valence-corrected chi connectivity index (χ1v) is 9.81. The third-order valence-electron chi connectivity index (χ3n) is 5.66. The first kappa shape index (κ1) is 19.8. The first-order valence-electron chi connectivity index (χ1n) is 9.81. The van der Waals surface area contributed by atoms with E-state index in [9.17, 15) is 14.4 Å². The second-order valence-corrected chi connectivity index (χ2v) is 7.62. The molecule has 2 aliphatic rings. The number of likely N-dealkylation sites (N-methyl/N-ethyl adjacent to an activating group) is 1. The Bertz CT molecular complexity index is 1010. The van der Waals surface area contributed by atoms with Gasteiger partial charge in [-0.05, 0) is 31.5 Å². The van der Waals surface area contributed by atoms with Gasteiger partial charge in [-0.15, -0.1) is 0 Å². The van der Waals surface area contributed by atoms with Crippen molar-refractivity contribution in [1.82, 2.24) is 20.4 Å². The third-order valence-corrected chi connectivity index (χ3v) is 5.66. The molecule has 8 heteroatoms. The van der Waals surface area contributed by atoms with Crippen LogP contribution in [0, 0.1) is 6.92 Å². The van der Waals surface area contributed by atoms with Gasteiger partial charge in [-0.1, -0.05) is 29.8 Å². The van der Waals surface area contributed by atoms with Crippen molar-refractivity contribution >= 4 is 17.8 Å². The van der Waals surface area contributed by atoms with Crippen LogP contribution in [-0.2, 0) is 16.1 Å². The zero-order valence-electron chi connectivity index (χ0n) is 17.1. The van der Waals surface area contributed by atoms with Gasteiger partial charge >= 0.3 is 6.03 Å². The Balaban J connectivity index is 1.55. The average Bonchev–Trinajstić information content (AvgIpc) is 3.37. The summed E-state index contributed by atoms with van der Waals surface area (Å²) in [6.45, 7) is 4.12. The maximum absolute atomic E-state index is 13.3. The molecule has 0 bridgehead atoms. The molecule has 0 saturated carbocycles. The quantitative estimate of drug-likeness (QED) is 0.792. The molecular weight excluding hydrogens is 384 g/mol. The number of hydrogen-bond donors (Lipinski definition) is 2. The zero-order valence-corrected chi connectivity index (χ0v) is 17.1. The topological polar surface area (TPSA) is 94.9 Å². The lowest BCUT2D eigenvalue weighted by Crippen LogP contribution is -2.46. The van der Waals surface area contributed by atoms with Crippen molar-refractivity contribution in [1.29, 1.82) is 0 Å². The van der Waals surface area contributed by atoms with E-state index in [4.69, 9.17) is 4.42 Å². The highest BCUT2D eigenvalue weighted by molar-refractivity contribution is 6.03. The minimum atomic E-state index is -0.694. The highest BCUT2D eigenvalue weighted by Gasteiger charge is 2.45. The molecule has 1 aromatic carbocycles. The zero-order chi connectivity index (χ0) is 21.4. The summed E-state index contributed by atoms with van der Waals surface area (Å²) < 4.78 is 5.23. The van der Waals surface area contributed by atoms with Crippen LogP contribution in [0.2, 0.25) is 0 Å². The number of nitrogens with zero attached hydrogens (tertiary/aromatic N) is 2. The average molecular weight is 408 g/mol. The SMILES string of the molecule is Cc1ccc([C@H]2NC(=O)N(C)C3=C2C(=O)N([C@@H](C)C(=O)NCc2ccco2)C3)cc1. The number of furan rings is 1. The Morgan fingerprint density at radius 3 is 2.67 bits per heavy atom. The molecule has 2 aliphatic heterocycles. The summed E-state index contributed by atoms with van der Waals surface area (Å²) in [4.78, 5) is 41.4. The molecule has 2 aromatic rings. The van der Waals surface area contributed by atoms with E-state index in [1.165, 1.54) is 16.1 Å². The molecule has 4 rings (SSSR count). The van der Waals surface area contributed by atoms with Crippen molar-refractivity contribution in [3.05, 3.63) is 70.8 Å².